The first-order chi connectivity index (χ1) is 21.7. The van der Waals surface area contributed by atoms with Crippen molar-refractivity contribution in [2.24, 2.45) is 0 Å². The molecule has 48 heavy (non-hydrogen) atoms. The van der Waals surface area contributed by atoms with E-state index in [0.717, 1.165) is 11.4 Å². The molecule has 0 atom stereocenters. The van der Waals surface area contributed by atoms with Gasteiger partial charge in [-0.2, -0.15) is 0 Å². The molecule has 0 aliphatic heterocycles. The van der Waals surface area contributed by atoms with E-state index < -0.39 is 0 Å². The topological polar surface area (TPSA) is 25.8 Å². The molecule has 0 aliphatic rings. The zero-order valence-electron chi connectivity index (χ0n) is 26.7. The summed E-state index contributed by atoms with van der Waals surface area (Å²) in [6.07, 6.45) is 3.70. The SMILES string of the molecule is Cc1ccc(-c2ccccn2)c2cc(-c3ccccc3)[cH-]c12.Cc1ccc(-c2ccccn2)c2cc(-c3ccccc3)[cH-]c12.[Cl-].[Cl-].[Zr+2].[Zr+2]. The quantitative estimate of drug-likeness (QED) is 0.229. The van der Waals surface area contributed by atoms with Crippen molar-refractivity contribution in [2.75, 3.05) is 0 Å². The van der Waals surface area contributed by atoms with Gasteiger partial charge in [-0.05, 0) is 35.4 Å². The van der Waals surface area contributed by atoms with Crippen molar-refractivity contribution in [1.82, 2.24) is 9.97 Å². The largest absolute Gasteiger partial charge is 2.00 e. The van der Waals surface area contributed by atoms with Crippen LogP contribution >= 0.6 is 0 Å². The number of aryl methyl sites for hydroxylation is 2. The number of hydrogen-bond acceptors (Lipinski definition) is 2. The Morgan fingerprint density at radius 3 is 1.17 bits per heavy atom. The summed E-state index contributed by atoms with van der Waals surface area (Å²) in [5.41, 5.74) is 12.1. The van der Waals surface area contributed by atoms with Crippen LogP contribution in [0.2, 0.25) is 0 Å². The van der Waals surface area contributed by atoms with E-state index in [1.807, 2.05) is 36.7 Å². The number of hydrogen-bond donors (Lipinski definition) is 0. The van der Waals surface area contributed by atoms with Crippen molar-refractivity contribution >= 4 is 21.5 Å². The monoisotopic (exact) mass is 814 g/mol. The summed E-state index contributed by atoms with van der Waals surface area (Å²) < 4.78 is 0. The van der Waals surface area contributed by atoms with E-state index in [4.69, 9.17) is 0 Å². The first-order valence-electron chi connectivity index (χ1n) is 15.0. The number of rotatable bonds is 4. The van der Waals surface area contributed by atoms with E-state index in [-0.39, 0.29) is 77.2 Å². The third-order valence-electron chi connectivity index (χ3n) is 8.31. The van der Waals surface area contributed by atoms with Crippen LogP contribution in [0.15, 0.2) is 158 Å². The van der Waals surface area contributed by atoms with Crippen molar-refractivity contribution < 1.29 is 77.2 Å². The van der Waals surface area contributed by atoms with Gasteiger partial charge in [0.2, 0.25) is 0 Å². The Kier molecular flexibility index (Phi) is 14.6. The number of benzene rings is 4. The van der Waals surface area contributed by atoms with Crippen LogP contribution in [0.5, 0.6) is 0 Å². The van der Waals surface area contributed by atoms with E-state index in [0.29, 0.717) is 0 Å². The molecule has 0 radical (unpaired) electrons. The van der Waals surface area contributed by atoms with Crippen LogP contribution in [0.25, 0.3) is 66.3 Å². The second-order valence-electron chi connectivity index (χ2n) is 11.2. The van der Waals surface area contributed by atoms with Crippen LogP contribution in [-0.2, 0) is 52.4 Å². The van der Waals surface area contributed by atoms with Gasteiger partial charge in [0.1, 0.15) is 0 Å². The molecule has 0 amide bonds. The summed E-state index contributed by atoms with van der Waals surface area (Å²) >= 11 is 0. The molecule has 232 valence electrons. The fraction of sp³-hybridized carbons (Fsp3) is 0.0476. The van der Waals surface area contributed by atoms with Crippen LogP contribution in [0.3, 0.4) is 0 Å². The van der Waals surface area contributed by atoms with Gasteiger partial charge in [-0.15, -0.1) is 68.1 Å². The third kappa shape index (κ3) is 8.30. The minimum Gasteiger partial charge on any atom is -1.00 e. The Labute approximate surface area is 333 Å². The van der Waals surface area contributed by atoms with Crippen molar-refractivity contribution in [3.05, 3.63) is 169 Å². The van der Waals surface area contributed by atoms with E-state index >= 15 is 0 Å². The molecular weight excluding hydrogens is 786 g/mol. The Hall–Kier alpha value is -3.25. The summed E-state index contributed by atoms with van der Waals surface area (Å²) in [4.78, 5) is 9.02. The van der Waals surface area contributed by atoms with E-state index in [9.17, 15) is 0 Å². The third-order valence-corrected chi connectivity index (χ3v) is 8.31. The molecule has 0 saturated heterocycles. The maximum absolute atomic E-state index is 4.51. The number of nitrogens with zero attached hydrogens (tertiary/aromatic N) is 2. The van der Waals surface area contributed by atoms with E-state index in [1.165, 1.54) is 66.1 Å². The predicted octanol–water partition coefficient (Wildman–Crippen LogP) is 5.20. The molecule has 8 rings (SSSR count). The van der Waals surface area contributed by atoms with Crippen LogP contribution < -0.4 is 24.8 Å². The second kappa shape index (κ2) is 17.9. The van der Waals surface area contributed by atoms with E-state index in [1.54, 1.807) is 0 Å². The number of pyridine rings is 2. The molecule has 2 heterocycles. The average molecular weight is 818 g/mol. The molecule has 0 aliphatic carbocycles. The van der Waals surface area contributed by atoms with Gasteiger partial charge in [0, 0.05) is 12.4 Å². The van der Waals surface area contributed by atoms with Gasteiger partial charge >= 0.3 is 52.4 Å². The molecule has 2 nitrogen and oxygen atoms in total. The Morgan fingerprint density at radius 1 is 0.438 bits per heavy atom. The van der Waals surface area contributed by atoms with Crippen LogP contribution in [-0.4, -0.2) is 9.97 Å². The number of halogens is 2. The Morgan fingerprint density at radius 2 is 0.812 bits per heavy atom. The van der Waals surface area contributed by atoms with Crippen LogP contribution in [0.4, 0.5) is 0 Å². The van der Waals surface area contributed by atoms with Gasteiger partial charge < -0.3 is 24.8 Å². The fourth-order valence-corrected chi connectivity index (χ4v) is 5.98. The van der Waals surface area contributed by atoms with Gasteiger partial charge in [0.25, 0.3) is 0 Å². The predicted molar refractivity (Wildman–Crippen MR) is 186 cm³/mol. The van der Waals surface area contributed by atoms with Crippen molar-refractivity contribution in [2.45, 2.75) is 13.8 Å². The minimum absolute atomic E-state index is 0. The van der Waals surface area contributed by atoms with Gasteiger partial charge in [0.15, 0.2) is 0 Å². The molecule has 6 aromatic carbocycles. The smallest absolute Gasteiger partial charge is 1.00 e. The molecule has 6 heteroatoms. The van der Waals surface area contributed by atoms with Crippen molar-refractivity contribution in [3.63, 3.8) is 0 Å². The first-order valence-corrected chi connectivity index (χ1v) is 15.0. The first kappa shape index (κ1) is 39.2. The Balaban J connectivity index is 0.000000240. The van der Waals surface area contributed by atoms with Gasteiger partial charge in [-0.3, -0.25) is 9.97 Å². The summed E-state index contributed by atoms with van der Waals surface area (Å²) in [7, 11) is 0. The molecule has 0 saturated carbocycles. The van der Waals surface area contributed by atoms with Crippen LogP contribution in [0.1, 0.15) is 11.1 Å². The average Bonchev–Trinajstić information content (AvgIpc) is 3.75. The fourth-order valence-electron chi connectivity index (χ4n) is 5.98. The molecule has 0 spiro atoms. The van der Waals surface area contributed by atoms with Gasteiger partial charge in [-0.25, -0.2) is 0 Å². The summed E-state index contributed by atoms with van der Waals surface area (Å²) in [5.74, 6) is 0. The molecule has 0 bridgehead atoms. The normalized spacial score (nSPS) is 10.0. The maximum Gasteiger partial charge on any atom is 2.00 e. The number of fused-ring (bicyclic) bond motifs is 2. The number of aromatic nitrogens is 2. The molecule has 0 N–H and O–H groups in total. The molecule has 8 aromatic rings. The van der Waals surface area contributed by atoms with E-state index in [2.05, 4.69) is 145 Å². The molecular formula is C42H32Cl2N2Zr2. The minimum atomic E-state index is 0. The summed E-state index contributed by atoms with van der Waals surface area (Å²) in [6.45, 7) is 4.33. The molecule has 0 fully saturated rings. The van der Waals surface area contributed by atoms with Crippen molar-refractivity contribution in [1.29, 1.82) is 0 Å². The zero-order valence-corrected chi connectivity index (χ0v) is 33.1. The van der Waals surface area contributed by atoms with Gasteiger partial charge in [0.05, 0.1) is 11.4 Å². The zero-order chi connectivity index (χ0) is 29.9. The molecule has 0 unspecified atom stereocenters. The van der Waals surface area contributed by atoms with Crippen LogP contribution in [0, 0.1) is 13.8 Å². The summed E-state index contributed by atoms with van der Waals surface area (Å²) in [5, 5.41) is 5.17. The standard InChI is InChI=1S/2C21H16N.2ClH.2Zr/c2*1-15-10-11-18(21-9-5-6-12-22-21)20-14-17(13-19(15)20)16-7-3-2-4-8-16;;;;/h2*2-14H,1H3;2*1H;;/q2*-1;;;2*+2/p-2. The maximum atomic E-state index is 4.51. The van der Waals surface area contributed by atoms with Gasteiger partial charge in [-0.1, -0.05) is 122 Å². The summed E-state index contributed by atoms with van der Waals surface area (Å²) in [6, 6.07) is 51.0. The van der Waals surface area contributed by atoms with Crippen molar-refractivity contribution in [3.8, 4) is 44.8 Å². The Bertz CT molecular complexity index is 2020. The molecule has 2 aromatic heterocycles. The second-order valence-corrected chi connectivity index (χ2v) is 11.2.